The Morgan fingerprint density at radius 1 is 1.03 bits per heavy atom. The molecule has 1 aromatic heterocycles. The second-order valence-corrected chi connectivity index (χ2v) is 8.42. The van der Waals surface area contributed by atoms with Crippen LogP contribution >= 0.6 is 11.6 Å². The molecule has 0 unspecified atom stereocenters. The highest BCUT2D eigenvalue weighted by Crippen LogP contribution is 2.23. The molecule has 2 heterocycles. The maximum atomic E-state index is 12.6. The van der Waals surface area contributed by atoms with E-state index in [-0.39, 0.29) is 4.90 Å². The molecule has 0 radical (unpaired) electrons. The first kappa shape index (κ1) is 19.9. The van der Waals surface area contributed by atoms with Gasteiger partial charge in [-0.05, 0) is 54.6 Å². The fraction of sp³-hybridized carbons (Fsp3) is 0.0500. The molecule has 0 spiro atoms. The van der Waals surface area contributed by atoms with Gasteiger partial charge in [-0.3, -0.25) is 4.72 Å². The van der Waals surface area contributed by atoms with E-state index in [0.717, 1.165) is 0 Å². The number of aromatic nitrogens is 2. The van der Waals surface area contributed by atoms with Gasteiger partial charge in [0, 0.05) is 29.7 Å². The van der Waals surface area contributed by atoms with Crippen molar-refractivity contribution in [3.63, 3.8) is 0 Å². The Hall–Kier alpha value is -3.43. The number of benzene rings is 2. The normalized spacial score (nSPS) is 13.3. The van der Waals surface area contributed by atoms with Crippen LogP contribution in [-0.2, 0) is 10.0 Å². The van der Waals surface area contributed by atoms with Crippen molar-refractivity contribution in [1.29, 1.82) is 0 Å². The van der Waals surface area contributed by atoms with Crippen molar-refractivity contribution in [1.82, 2.24) is 9.97 Å². The SMILES string of the molecule is O=S(=O)(Nc1cccc(Nc2nccc(N3C=NC=CC3)n2)c1)c1ccc(Cl)cc1. The summed E-state index contributed by atoms with van der Waals surface area (Å²) in [4.78, 5) is 14.8. The molecule has 0 fully saturated rings. The second kappa shape index (κ2) is 8.52. The highest BCUT2D eigenvalue weighted by Gasteiger charge is 2.14. The lowest BCUT2D eigenvalue weighted by Crippen LogP contribution is -2.24. The van der Waals surface area contributed by atoms with Gasteiger partial charge in [-0.25, -0.2) is 18.4 Å². The minimum Gasteiger partial charge on any atom is -0.324 e. The molecular formula is C20H17ClN6O2S. The lowest BCUT2D eigenvalue weighted by Gasteiger charge is -2.18. The molecule has 0 amide bonds. The summed E-state index contributed by atoms with van der Waals surface area (Å²) in [6, 6.07) is 14.6. The van der Waals surface area contributed by atoms with Gasteiger partial charge in [0.05, 0.1) is 16.9 Å². The first-order chi connectivity index (χ1) is 14.5. The van der Waals surface area contributed by atoms with E-state index in [4.69, 9.17) is 11.6 Å². The van der Waals surface area contributed by atoms with E-state index >= 15 is 0 Å². The summed E-state index contributed by atoms with van der Waals surface area (Å²) >= 11 is 5.83. The topological polar surface area (TPSA) is 99.6 Å². The summed E-state index contributed by atoms with van der Waals surface area (Å²) in [6.45, 7) is 0.669. The summed E-state index contributed by atoms with van der Waals surface area (Å²) in [6.07, 6.45) is 6.99. The number of anilines is 4. The van der Waals surface area contributed by atoms with Gasteiger partial charge in [0.2, 0.25) is 5.95 Å². The van der Waals surface area contributed by atoms with E-state index < -0.39 is 10.0 Å². The van der Waals surface area contributed by atoms with Crippen molar-refractivity contribution in [3.05, 3.63) is 78.1 Å². The lowest BCUT2D eigenvalue weighted by molar-refractivity contribution is 0.601. The first-order valence-electron chi connectivity index (χ1n) is 8.93. The van der Waals surface area contributed by atoms with Gasteiger partial charge in [-0.15, -0.1) is 0 Å². The first-order valence-corrected chi connectivity index (χ1v) is 10.8. The van der Waals surface area contributed by atoms with E-state index in [1.165, 1.54) is 24.3 Å². The van der Waals surface area contributed by atoms with Crippen LogP contribution in [0.5, 0.6) is 0 Å². The lowest BCUT2D eigenvalue weighted by atomic mass is 10.3. The molecule has 8 nitrogen and oxygen atoms in total. The van der Waals surface area contributed by atoms with Crippen molar-refractivity contribution in [3.8, 4) is 0 Å². The second-order valence-electron chi connectivity index (χ2n) is 6.31. The van der Waals surface area contributed by atoms with Crippen LogP contribution in [0.3, 0.4) is 0 Å². The van der Waals surface area contributed by atoms with Crippen molar-refractivity contribution in [2.45, 2.75) is 4.90 Å². The van der Waals surface area contributed by atoms with E-state index in [0.29, 0.717) is 34.7 Å². The van der Waals surface area contributed by atoms with Crippen molar-refractivity contribution >= 4 is 51.1 Å². The summed E-state index contributed by atoms with van der Waals surface area (Å²) in [7, 11) is -3.74. The zero-order valence-electron chi connectivity index (χ0n) is 15.6. The van der Waals surface area contributed by atoms with Crippen molar-refractivity contribution < 1.29 is 8.42 Å². The number of aliphatic imine (C=N–C) groups is 1. The Bertz CT molecular complexity index is 1210. The Labute approximate surface area is 179 Å². The van der Waals surface area contributed by atoms with Gasteiger partial charge in [0.1, 0.15) is 5.82 Å². The average molecular weight is 441 g/mol. The van der Waals surface area contributed by atoms with Crippen LogP contribution in [-0.4, -0.2) is 31.3 Å². The van der Waals surface area contributed by atoms with Crippen LogP contribution in [0.15, 0.2) is 83.0 Å². The van der Waals surface area contributed by atoms with E-state index in [9.17, 15) is 8.42 Å². The number of hydrogen-bond acceptors (Lipinski definition) is 7. The van der Waals surface area contributed by atoms with Crippen LogP contribution in [0.25, 0.3) is 0 Å². The van der Waals surface area contributed by atoms with E-state index in [2.05, 4.69) is 25.0 Å². The van der Waals surface area contributed by atoms with Gasteiger partial charge in [-0.1, -0.05) is 17.7 Å². The largest absolute Gasteiger partial charge is 0.324 e. The summed E-state index contributed by atoms with van der Waals surface area (Å²) < 4.78 is 27.7. The fourth-order valence-electron chi connectivity index (χ4n) is 2.73. The number of nitrogens with zero attached hydrogens (tertiary/aromatic N) is 4. The number of halogens is 1. The number of rotatable bonds is 6. The number of sulfonamides is 1. The predicted molar refractivity (Wildman–Crippen MR) is 119 cm³/mol. The van der Waals surface area contributed by atoms with Crippen molar-refractivity contribution in [2.24, 2.45) is 4.99 Å². The van der Waals surface area contributed by atoms with Crippen LogP contribution in [0, 0.1) is 0 Å². The molecule has 0 saturated heterocycles. The Morgan fingerprint density at radius 3 is 2.60 bits per heavy atom. The van der Waals surface area contributed by atoms with Gasteiger partial charge >= 0.3 is 0 Å². The molecule has 30 heavy (non-hydrogen) atoms. The summed E-state index contributed by atoms with van der Waals surface area (Å²) in [5.41, 5.74) is 1.04. The Morgan fingerprint density at radius 2 is 1.83 bits per heavy atom. The van der Waals surface area contributed by atoms with Crippen LogP contribution < -0.4 is 14.9 Å². The molecule has 3 aromatic rings. The van der Waals surface area contributed by atoms with E-state index in [1.54, 1.807) is 49.1 Å². The smallest absolute Gasteiger partial charge is 0.261 e. The number of nitrogens with one attached hydrogen (secondary N) is 2. The molecule has 2 aromatic carbocycles. The minimum atomic E-state index is -3.74. The molecule has 1 aliphatic heterocycles. The van der Waals surface area contributed by atoms with Gasteiger partial charge < -0.3 is 10.2 Å². The molecule has 0 bridgehead atoms. The highest BCUT2D eigenvalue weighted by molar-refractivity contribution is 7.92. The monoisotopic (exact) mass is 440 g/mol. The highest BCUT2D eigenvalue weighted by atomic mass is 35.5. The quantitative estimate of drug-likeness (QED) is 0.600. The molecule has 1 aliphatic rings. The third-order valence-corrected chi connectivity index (χ3v) is 5.78. The molecule has 10 heteroatoms. The molecule has 2 N–H and O–H groups in total. The maximum Gasteiger partial charge on any atom is 0.261 e. The molecule has 4 rings (SSSR count). The molecule has 0 aliphatic carbocycles. The third-order valence-electron chi connectivity index (χ3n) is 4.13. The summed E-state index contributed by atoms with van der Waals surface area (Å²) in [5, 5.41) is 3.56. The van der Waals surface area contributed by atoms with Crippen LogP contribution in [0.4, 0.5) is 23.1 Å². The zero-order valence-corrected chi connectivity index (χ0v) is 17.2. The fourth-order valence-corrected chi connectivity index (χ4v) is 3.90. The predicted octanol–water partition coefficient (Wildman–Crippen LogP) is 4.04. The van der Waals surface area contributed by atoms with Crippen LogP contribution in [0.2, 0.25) is 5.02 Å². The van der Waals surface area contributed by atoms with Gasteiger partial charge in [-0.2, -0.15) is 4.98 Å². The molecule has 0 atom stereocenters. The average Bonchev–Trinajstić information content (AvgIpc) is 2.75. The minimum absolute atomic E-state index is 0.124. The standard InChI is InChI=1S/C20H17ClN6O2S/c21-15-5-7-18(8-6-15)30(28,29)26-17-4-1-3-16(13-17)24-20-23-11-9-19(25-20)27-12-2-10-22-14-27/h1-11,13-14,26H,12H2,(H,23,24,25). The van der Waals surface area contributed by atoms with Crippen LogP contribution in [0.1, 0.15) is 0 Å². The molecular weight excluding hydrogens is 424 g/mol. The summed E-state index contributed by atoms with van der Waals surface area (Å²) in [5.74, 6) is 1.08. The molecule has 152 valence electrons. The Balaban J connectivity index is 1.51. The Kier molecular flexibility index (Phi) is 5.64. The van der Waals surface area contributed by atoms with E-state index in [1.807, 2.05) is 11.0 Å². The zero-order chi connectivity index (χ0) is 21.0. The van der Waals surface area contributed by atoms with Gasteiger partial charge in [0.25, 0.3) is 10.0 Å². The number of hydrogen-bond donors (Lipinski definition) is 2. The van der Waals surface area contributed by atoms with Crippen molar-refractivity contribution in [2.75, 3.05) is 21.5 Å². The van der Waals surface area contributed by atoms with Gasteiger partial charge in [0.15, 0.2) is 0 Å². The third kappa shape index (κ3) is 4.76. The molecule has 0 saturated carbocycles. The maximum absolute atomic E-state index is 12.6.